The van der Waals surface area contributed by atoms with E-state index in [4.69, 9.17) is 9.84 Å². The highest BCUT2D eigenvalue weighted by Crippen LogP contribution is 2.38. The highest BCUT2D eigenvalue weighted by molar-refractivity contribution is 5.64. The van der Waals surface area contributed by atoms with Crippen molar-refractivity contribution in [2.24, 2.45) is 23.7 Å². The average Bonchev–Trinajstić information content (AvgIpc) is 1.64. The molecule has 36 nitrogen and oxygen atoms in total. The van der Waals surface area contributed by atoms with Crippen LogP contribution in [-0.2, 0) is 35.6 Å². The minimum absolute atomic E-state index is 0.102. The summed E-state index contributed by atoms with van der Waals surface area (Å²) in [6, 6.07) is 8.83. The zero-order valence-electron chi connectivity index (χ0n) is 73.1. The number of morpholine rings is 1. The molecule has 0 spiro atoms. The summed E-state index contributed by atoms with van der Waals surface area (Å²) in [7, 11) is 0. The zero-order valence-corrected chi connectivity index (χ0v) is 73.1. The van der Waals surface area contributed by atoms with Gasteiger partial charge in [-0.1, -0.05) is 6.42 Å². The standard InChI is InChI=1S/3C18H19F3N6O.C17H17F3N6O.C16H15F3N6O2/c19-18(20,21)14-11-27-13(9-24-16(27)10-23-14)17-22-5-1-15(25-17)26-6-2-12(3-7-26)4-8-28;19-18(20,21)14-11-27-13(8-24-16(27)9-23-14)17-22-5-3-15(25-17)26-6-1-2-12(10-26)4-7-28;19-18(20,21)14-10-27-13(7-24-16(27)8-23-14)17-22-5-4-15(25-17)26-6-2-1-3-12(9-26)11-28;18-17(19,20)13-9-26-12(7-23-15(26)8-22-13)16-21-4-1-14(24-16)25-5-2-11(10-27)3-6-25;17-16(18,19)12-8-25-11(5-22-14(25)6-21-12)15-20-2-1-13(23-15)24-3-4-27-10(7-24)9-26/h1,5,9-12,28H,2-4,6-8H2;3,5,8-9,11-12,28H,1-2,4,6-7,10H2;4-5,7-8,10,12,28H,1-3,6,9,11H2;1,4,7-9,11,27H,2-3,5-6,10H2;1-2,5-6,8,10,26H,3-4,7,9H2. The molecule has 138 heavy (non-hydrogen) atoms. The summed E-state index contributed by atoms with van der Waals surface area (Å²) >= 11 is 0. The van der Waals surface area contributed by atoms with Gasteiger partial charge in [-0.05, 0) is 118 Å². The molecule has 15 aromatic heterocycles. The van der Waals surface area contributed by atoms with Gasteiger partial charge in [0, 0.05) is 154 Å². The van der Waals surface area contributed by atoms with Crippen molar-refractivity contribution in [1.29, 1.82) is 0 Å². The number of alkyl halides is 15. The molecule has 3 unspecified atom stereocenters. The Balaban J connectivity index is 0.000000125. The molecule has 5 aliphatic heterocycles. The molecule has 0 saturated carbocycles. The lowest BCUT2D eigenvalue weighted by Crippen LogP contribution is -2.44. The van der Waals surface area contributed by atoms with Crippen LogP contribution in [0.3, 0.4) is 0 Å². The maximum atomic E-state index is 13.0. The molecule has 5 aliphatic rings. The van der Waals surface area contributed by atoms with Crippen molar-refractivity contribution < 1.29 is 96.1 Å². The summed E-state index contributed by atoms with van der Waals surface area (Å²) in [5.74, 6) is 6.25. The normalized spacial score (nSPS) is 17.4. The predicted molar refractivity (Wildman–Crippen MR) is 466 cm³/mol. The first kappa shape index (κ1) is 97.3. The van der Waals surface area contributed by atoms with Crippen LogP contribution < -0.4 is 24.5 Å². The van der Waals surface area contributed by atoms with E-state index in [1.807, 2.05) is 4.90 Å². The van der Waals surface area contributed by atoms with Crippen molar-refractivity contribution in [3.8, 4) is 57.6 Å². The minimum atomic E-state index is -4.56. The second-order valence-electron chi connectivity index (χ2n) is 33.0. The molecule has 5 saturated heterocycles. The molecular formula is C87H89F15N30O6. The number of halogens is 15. The molecule has 0 aliphatic carbocycles. The van der Waals surface area contributed by atoms with Crippen LogP contribution in [-0.4, -0.2) is 258 Å². The fourth-order valence-corrected chi connectivity index (χ4v) is 16.5. The molecule has 5 fully saturated rings. The molecular weight excluding hydrogens is 1850 g/mol. The van der Waals surface area contributed by atoms with Gasteiger partial charge >= 0.3 is 30.9 Å². The van der Waals surface area contributed by atoms with Crippen molar-refractivity contribution in [3.63, 3.8) is 0 Å². The zero-order chi connectivity index (χ0) is 97.2. The van der Waals surface area contributed by atoms with E-state index in [2.05, 4.69) is 119 Å². The number of fused-ring (bicyclic) bond motifs is 5. The highest BCUT2D eigenvalue weighted by atomic mass is 19.4. The first-order valence-corrected chi connectivity index (χ1v) is 43.9. The van der Waals surface area contributed by atoms with Crippen LogP contribution in [0.4, 0.5) is 94.9 Å². The Hall–Kier alpha value is -13.8. The number of hydrogen-bond donors (Lipinski definition) is 5. The van der Waals surface area contributed by atoms with Crippen LogP contribution in [0.25, 0.3) is 85.8 Å². The van der Waals surface area contributed by atoms with Gasteiger partial charge in [-0.25, -0.2) is 99.7 Å². The fraction of sp³-hybridized carbons (Fsp3) is 0.425. The first-order chi connectivity index (χ1) is 66.3. The third-order valence-corrected chi connectivity index (χ3v) is 23.9. The molecule has 0 aromatic carbocycles. The smallest absolute Gasteiger partial charge is 0.396 e. The van der Waals surface area contributed by atoms with E-state index in [1.54, 1.807) is 55.1 Å². The maximum Gasteiger partial charge on any atom is 0.434 e. The summed E-state index contributed by atoms with van der Waals surface area (Å²) in [5, 5.41) is 46.3. The summed E-state index contributed by atoms with van der Waals surface area (Å²) in [6.45, 7) is 8.32. The molecule has 0 bridgehead atoms. The SMILES string of the molecule is OCC1CCCCN(c2ccnc(-c3cnc4cnc(C(F)(F)F)cn34)n2)C1.OCC1CCN(c2ccnc(-c3cnc4cnc(C(F)(F)F)cn34)n2)CC1.OCC1CN(c2ccnc(-c3cnc4cnc(C(F)(F)F)cn34)n2)CCO1.OCCC1CCCN(c2ccnc(-c3cnc4cnc(C(F)(F)F)cn34)n2)C1.OCCC1CCN(c2ccnc(-c3cnc4cnc(C(F)(F)F)cn34)n2)CC1. The second-order valence-corrected chi connectivity index (χ2v) is 33.0. The summed E-state index contributed by atoms with van der Waals surface area (Å²) in [6.07, 6.45) is 12.2. The van der Waals surface area contributed by atoms with Gasteiger partial charge in [0.05, 0.1) is 81.3 Å². The van der Waals surface area contributed by atoms with Crippen LogP contribution in [0.5, 0.6) is 0 Å². The van der Waals surface area contributed by atoms with Gasteiger partial charge in [-0.2, -0.15) is 65.9 Å². The Morgan fingerprint density at radius 1 is 0.275 bits per heavy atom. The van der Waals surface area contributed by atoms with Crippen LogP contribution in [0.15, 0.2) is 154 Å². The summed E-state index contributed by atoms with van der Waals surface area (Å²) < 4.78 is 207. The Morgan fingerprint density at radius 3 is 0.862 bits per heavy atom. The lowest BCUT2D eigenvalue weighted by Gasteiger charge is -2.33. The Labute approximate surface area is 773 Å². The molecule has 3 atom stereocenters. The van der Waals surface area contributed by atoms with E-state index in [1.165, 1.54) is 59.2 Å². The highest BCUT2D eigenvalue weighted by Gasteiger charge is 2.39. The third-order valence-electron chi connectivity index (χ3n) is 23.9. The van der Waals surface area contributed by atoms with Gasteiger partial charge < -0.3 is 54.8 Å². The van der Waals surface area contributed by atoms with Gasteiger partial charge in [0.25, 0.3) is 0 Å². The van der Waals surface area contributed by atoms with Crippen molar-refractivity contribution in [1.82, 2.24) is 122 Å². The molecule has 15 aromatic rings. The molecule has 20 heterocycles. The number of rotatable bonds is 17. The summed E-state index contributed by atoms with van der Waals surface area (Å²) in [4.78, 5) is 91.7. The fourth-order valence-electron chi connectivity index (χ4n) is 16.5. The lowest BCUT2D eigenvalue weighted by molar-refractivity contribution is -0.142. The molecule has 5 N–H and O–H groups in total. The van der Waals surface area contributed by atoms with Gasteiger partial charge in [0.2, 0.25) is 0 Å². The topological polar surface area (TPSA) is 406 Å². The van der Waals surface area contributed by atoms with E-state index in [0.717, 1.165) is 184 Å². The number of hydrogen-bond acceptors (Lipinski definition) is 31. The van der Waals surface area contributed by atoms with Gasteiger partial charge in [-0.3, -0.25) is 22.0 Å². The van der Waals surface area contributed by atoms with Gasteiger partial charge in [0.1, 0.15) is 57.6 Å². The minimum Gasteiger partial charge on any atom is -0.396 e. The summed E-state index contributed by atoms with van der Waals surface area (Å²) in [5.41, 5.74) is -1.82. The van der Waals surface area contributed by atoms with Crippen molar-refractivity contribution >= 4 is 57.3 Å². The first-order valence-electron chi connectivity index (χ1n) is 43.9. The number of anilines is 5. The number of aromatic nitrogens is 25. The van der Waals surface area contributed by atoms with Gasteiger partial charge in [0.15, 0.2) is 85.8 Å². The third kappa shape index (κ3) is 23.0. The van der Waals surface area contributed by atoms with Crippen LogP contribution in [0.1, 0.15) is 99.1 Å². The number of nitrogens with zero attached hydrogens (tertiary/aromatic N) is 30. The molecule has 0 amide bonds. The Kier molecular flexibility index (Phi) is 29.6. The van der Waals surface area contributed by atoms with Crippen LogP contribution >= 0.6 is 0 Å². The molecule has 0 radical (unpaired) electrons. The van der Waals surface area contributed by atoms with Crippen molar-refractivity contribution in [3.05, 3.63) is 183 Å². The number of aliphatic hydroxyl groups excluding tert-OH is 5. The number of ether oxygens (including phenoxy) is 1. The van der Waals surface area contributed by atoms with Gasteiger partial charge in [-0.15, -0.1) is 0 Å². The van der Waals surface area contributed by atoms with Crippen molar-refractivity contribution in [2.45, 2.75) is 108 Å². The average molecular weight is 1940 g/mol. The Bertz CT molecular complexity index is 6640. The maximum absolute atomic E-state index is 13.0. The molecule has 20 rings (SSSR count). The largest absolute Gasteiger partial charge is 0.434 e. The number of piperidine rings is 3. The quantitative estimate of drug-likeness (QED) is 0.0529. The predicted octanol–water partition coefficient (Wildman–Crippen LogP) is 12.2. The molecule has 728 valence electrons. The number of imidazole rings is 5. The lowest BCUT2D eigenvalue weighted by atomic mass is 9.94. The van der Waals surface area contributed by atoms with E-state index < -0.39 is 59.4 Å². The van der Waals surface area contributed by atoms with Crippen molar-refractivity contribution in [2.75, 3.05) is 130 Å². The second kappa shape index (κ2) is 42.0. The van der Waals surface area contributed by atoms with Crippen LogP contribution in [0.2, 0.25) is 0 Å². The van der Waals surface area contributed by atoms with E-state index in [-0.39, 0.29) is 79.3 Å². The monoisotopic (exact) mass is 1930 g/mol. The Morgan fingerprint density at radius 2 is 0.558 bits per heavy atom. The number of aliphatic hydroxyl groups is 5. The van der Waals surface area contributed by atoms with E-state index >= 15 is 0 Å². The van der Waals surface area contributed by atoms with E-state index in [9.17, 15) is 86.3 Å². The molecule has 51 heteroatoms. The van der Waals surface area contributed by atoms with E-state index in [0.29, 0.717) is 119 Å². The van der Waals surface area contributed by atoms with Crippen LogP contribution in [0, 0.1) is 23.7 Å².